The predicted molar refractivity (Wildman–Crippen MR) is 119 cm³/mol. The van der Waals surface area contributed by atoms with Crippen molar-refractivity contribution < 1.29 is 23.8 Å². The van der Waals surface area contributed by atoms with Crippen molar-refractivity contribution in [3.05, 3.63) is 83.4 Å². The topological polar surface area (TPSA) is 73.9 Å². The third kappa shape index (κ3) is 5.22. The monoisotopic (exact) mass is 419 g/mol. The molecule has 31 heavy (non-hydrogen) atoms. The fraction of sp³-hybridized carbons (Fsp3) is 0.200. The van der Waals surface area contributed by atoms with E-state index >= 15 is 0 Å². The zero-order valence-corrected chi connectivity index (χ0v) is 18.0. The molecule has 6 heteroatoms. The second kappa shape index (κ2) is 9.80. The summed E-state index contributed by atoms with van der Waals surface area (Å²) in [6, 6.07) is 19.6. The van der Waals surface area contributed by atoms with Crippen LogP contribution in [-0.4, -0.2) is 25.9 Å². The Morgan fingerprint density at radius 1 is 0.839 bits per heavy atom. The Hall–Kier alpha value is -3.80. The smallest absolute Gasteiger partial charge is 0.270 e. The zero-order valence-electron chi connectivity index (χ0n) is 18.0. The lowest BCUT2D eigenvalue weighted by Crippen LogP contribution is -2.26. The van der Waals surface area contributed by atoms with Crippen LogP contribution in [0.3, 0.4) is 0 Å². The first-order valence-corrected chi connectivity index (χ1v) is 9.79. The van der Waals surface area contributed by atoms with Crippen LogP contribution in [0.1, 0.15) is 34.5 Å². The average molecular weight is 419 g/mol. The Kier molecular flexibility index (Phi) is 6.92. The maximum atomic E-state index is 13.3. The number of amides is 1. The van der Waals surface area contributed by atoms with Gasteiger partial charge in [0.15, 0.2) is 17.3 Å². The molecule has 1 amide bonds. The summed E-state index contributed by atoms with van der Waals surface area (Å²) in [5.41, 5.74) is 2.70. The molecule has 6 nitrogen and oxygen atoms in total. The van der Waals surface area contributed by atoms with Crippen LogP contribution in [0, 0.1) is 6.92 Å². The third-order valence-electron chi connectivity index (χ3n) is 4.77. The normalized spacial score (nSPS) is 11.4. The number of ketones is 1. The van der Waals surface area contributed by atoms with Crippen LogP contribution in [0.25, 0.3) is 0 Å². The predicted octanol–water partition coefficient (Wildman–Crippen LogP) is 4.97. The van der Waals surface area contributed by atoms with E-state index in [4.69, 9.17) is 14.2 Å². The van der Waals surface area contributed by atoms with Gasteiger partial charge >= 0.3 is 0 Å². The standard InChI is InChI=1S/C25H25NO5/c1-16-10-12-21(29-3)20(14-16)26-25(28)24(18-8-6-5-7-9-18)31-22-13-11-19(17(2)27)15-23(22)30-4/h5-15,24H,1-4H3,(H,26,28)/t24-/m0/s1. The summed E-state index contributed by atoms with van der Waals surface area (Å²) in [6.07, 6.45) is -0.955. The van der Waals surface area contributed by atoms with Gasteiger partial charge in [0.2, 0.25) is 6.10 Å². The number of hydrogen-bond donors (Lipinski definition) is 1. The first-order chi connectivity index (χ1) is 14.9. The number of carbonyl (C=O) groups is 2. The summed E-state index contributed by atoms with van der Waals surface area (Å²) in [6.45, 7) is 3.41. The number of Topliss-reactive ketones (excluding diaryl/α,β-unsaturated/α-hetero) is 1. The molecule has 0 radical (unpaired) electrons. The molecular weight excluding hydrogens is 394 g/mol. The summed E-state index contributed by atoms with van der Waals surface area (Å²) >= 11 is 0. The van der Waals surface area contributed by atoms with Gasteiger partial charge in [0.05, 0.1) is 19.9 Å². The Balaban J connectivity index is 1.96. The molecule has 0 heterocycles. The number of carbonyl (C=O) groups excluding carboxylic acids is 2. The second-order valence-corrected chi connectivity index (χ2v) is 7.02. The largest absolute Gasteiger partial charge is 0.495 e. The highest BCUT2D eigenvalue weighted by molar-refractivity contribution is 5.97. The van der Waals surface area contributed by atoms with Crippen molar-refractivity contribution in [3.8, 4) is 17.2 Å². The minimum Gasteiger partial charge on any atom is -0.495 e. The Labute approximate surface area is 181 Å². The van der Waals surface area contributed by atoms with Gasteiger partial charge in [0.25, 0.3) is 5.91 Å². The fourth-order valence-corrected chi connectivity index (χ4v) is 3.13. The van der Waals surface area contributed by atoms with Crippen LogP contribution in [0.2, 0.25) is 0 Å². The van der Waals surface area contributed by atoms with Gasteiger partial charge in [-0.2, -0.15) is 0 Å². The molecule has 0 spiro atoms. The van der Waals surface area contributed by atoms with E-state index in [1.165, 1.54) is 14.0 Å². The summed E-state index contributed by atoms with van der Waals surface area (Å²) < 4.78 is 16.9. The molecular formula is C25H25NO5. The van der Waals surface area contributed by atoms with E-state index in [2.05, 4.69) is 5.32 Å². The number of nitrogens with one attached hydrogen (secondary N) is 1. The average Bonchev–Trinajstić information content (AvgIpc) is 2.78. The van der Waals surface area contributed by atoms with Crippen LogP contribution < -0.4 is 19.5 Å². The molecule has 160 valence electrons. The Bertz CT molecular complexity index is 1080. The van der Waals surface area contributed by atoms with Crippen molar-refractivity contribution >= 4 is 17.4 Å². The molecule has 0 aliphatic carbocycles. The molecule has 0 saturated carbocycles. The summed E-state index contributed by atoms with van der Waals surface area (Å²) in [5, 5.41) is 2.90. The second-order valence-electron chi connectivity index (χ2n) is 7.02. The van der Waals surface area contributed by atoms with Gasteiger partial charge in [-0.1, -0.05) is 36.4 Å². The van der Waals surface area contributed by atoms with Gasteiger partial charge < -0.3 is 19.5 Å². The Morgan fingerprint density at radius 3 is 2.16 bits per heavy atom. The van der Waals surface area contributed by atoms with E-state index in [1.54, 1.807) is 31.4 Å². The van der Waals surface area contributed by atoms with Crippen molar-refractivity contribution in [1.82, 2.24) is 0 Å². The quantitative estimate of drug-likeness (QED) is 0.522. The third-order valence-corrected chi connectivity index (χ3v) is 4.77. The first-order valence-electron chi connectivity index (χ1n) is 9.79. The molecule has 0 unspecified atom stereocenters. The number of aryl methyl sites for hydroxylation is 1. The van der Waals surface area contributed by atoms with Crippen molar-refractivity contribution in [3.63, 3.8) is 0 Å². The SMILES string of the molecule is COc1ccc(C)cc1NC(=O)[C@@H](Oc1ccc(C(C)=O)cc1OC)c1ccccc1. The number of benzene rings is 3. The highest BCUT2D eigenvalue weighted by Gasteiger charge is 2.25. The van der Waals surface area contributed by atoms with Crippen molar-refractivity contribution in [1.29, 1.82) is 0 Å². The van der Waals surface area contributed by atoms with Crippen molar-refractivity contribution in [2.24, 2.45) is 0 Å². The van der Waals surface area contributed by atoms with Crippen LogP contribution in [0.15, 0.2) is 66.7 Å². The fourth-order valence-electron chi connectivity index (χ4n) is 3.13. The lowest BCUT2D eigenvalue weighted by atomic mass is 10.1. The lowest BCUT2D eigenvalue weighted by molar-refractivity contribution is -0.123. The van der Waals surface area contributed by atoms with E-state index in [-0.39, 0.29) is 11.7 Å². The van der Waals surface area contributed by atoms with Gasteiger partial charge in [-0.15, -0.1) is 0 Å². The van der Waals surface area contributed by atoms with E-state index in [1.807, 2.05) is 49.4 Å². The first kappa shape index (κ1) is 21.9. The van der Waals surface area contributed by atoms with E-state index in [0.717, 1.165) is 5.56 Å². The summed E-state index contributed by atoms with van der Waals surface area (Å²) in [7, 11) is 3.04. The molecule has 0 aliphatic heterocycles. The molecule has 1 atom stereocenters. The maximum Gasteiger partial charge on any atom is 0.270 e. The van der Waals surface area contributed by atoms with Crippen LogP contribution >= 0.6 is 0 Å². The van der Waals surface area contributed by atoms with E-state index < -0.39 is 6.10 Å². The number of anilines is 1. The van der Waals surface area contributed by atoms with Gasteiger partial charge in [0.1, 0.15) is 5.75 Å². The highest BCUT2D eigenvalue weighted by atomic mass is 16.5. The molecule has 3 rings (SSSR count). The molecule has 0 aliphatic rings. The number of hydrogen-bond acceptors (Lipinski definition) is 5. The molecule has 0 fully saturated rings. The van der Waals surface area contributed by atoms with Gasteiger partial charge in [0, 0.05) is 11.1 Å². The highest BCUT2D eigenvalue weighted by Crippen LogP contribution is 2.34. The van der Waals surface area contributed by atoms with Crippen molar-refractivity contribution in [2.45, 2.75) is 20.0 Å². The zero-order chi connectivity index (χ0) is 22.4. The van der Waals surface area contributed by atoms with E-state index in [0.29, 0.717) is 34.1 Å². The van der Waals surface area contributed by atoms with Gasteiger partial charge in [-0.3, -0.25) is 9.59 Å². The van der Waals surface area contributed by atoms with Gasteiger partial charge in [-0.05, 0) is 49.7 Å². The van der Waals surface area contributed by atoms with Crippen LogP contribution in [0.4, 0.5) is 5.69 Å². The summed E-state index contributed by atoms with van der Waals surface area (Å²) in [4.78, 5) is 25.0. The van der Waals surface area contributed by atoms with E-state index in [9.17, 15) is 9.59 Å². The van der Waals surface area contributed by atoms with Gasteiger partial charge in [-0.25, -0.2) is 0 Å². The molecule has 1 N–H and O–H groups in total. The maximum absolute atomic E-state index is 13.3. The number of ether oxygens (including phenoxy) is 3. The molecule has 3 aromatic carbocycles. The van der Waals surface area contributed by atoms with Crippen LogP contribution in [-0.2, 0) is 4.79 Å². The minimum absolute atomic E-state index is 0.0891. The van der Waals surface area contributed by atoms with Crippen molar-refractivity contribution in [2.75, 3.05) is 19.5 Å². The minimum atomic E-state index is -0.955. The molecule has 0 aromatic heterocycles. The molecule has 0 bridgehead atoms. The molecule has 0 saturated heterocycles. The number of rotatable bonds is 8. The summed E-state index contributed by atoms with van der Waals surface area (Å²) in [5.74, 6) is 0.818. The Morgan fingerprint density at radius 2 is 1.52 bits per heavy atom. The number of methoxy groups -OCH3 is 2. The molecule has 3 aromatic rings. The lowest BCUT2D eigenvalue weighted by Gasteiger charge is -2.21. The van der Waals surface area contributed by atoms with Crippen LogP contribution in [0.5, 0.6) is 17.2 Å².